The van der Waals surface area contributed by atoms with Crippen molar-refractivity contribution in [1.29, 1.82) is 0 Å². The van der Waals surface area contributed by atoms with Crippen molar-refractivity contribution in [3.63, 3.8) is 0 Å². The van der Waals surface area contributed by atoms with Crippen LogP contribution in [0.15, 0.2) is 0 Å². The van der Waals surface area contributed by atoms with Gasteiger partial charge in [0, 0.05) is 12.1 Å². The summed E-state index contributed by atoms with van der Waals surface area (Å²) in [5, 5.41) is 3.44. The normalized spacial score (nSPS) is 28.9. The average Bonchev–Trinajstić information content (AvgIpc) is 2.43. The Morgan fingerprint density at radius 2 is 2.10 bits per heavy atom. The van der Waals surface area contributed by atoms with Gasteiger partial charge in [-0.2, -0.15) is 0 Å². The lowest BCUT2D eigenvalue weighted by molar-refractivity contribution is -0.126. The van der Waals surface area contributed by atoms with E-state index in [2.05, 4.69) is 45.0 Å². The van der Waals surface area contributed by atoms with E-state index < -0.39 is 5.54 Å². The Morgan fingerprint density at radius 1 is 1.45 bits per heavy atom. The highest BCUT2D eigenvalue weighted by Gasteiger charge is 2.42. The maximum absolute atomic E-state index is 12.0. The summed E-state index contributed by atoms with van der Waals surface area (Å²) in [4.78, 5) is 14.4. The summed E-state index contributed by atoms with van der Waals surface area (Å²) in [7, 11) is 2.19. The van der Waals surface area contributed by atoms with Gasteiger partial charge in [0.1, 0.15) is 0 Å². The molecule has 0 aromatic rings. The third-order valence-corrected chi connectivity index (χ3v) is 5.09. The fraction of sp³-hybridized carbons (Fsp3) is 0.938. The van der Waals surface area contributed by atoms with Gasteiger partial charge < -0.3 is 16.0 Å². The smallest absolute Gasteiger partial charge is 0.237 e. The standard InChI is InChI=1S/C16H33N3O/c1-6-10-18-16(15(17)20)9-7-8-14(11-16)19(5)13(4)12(2)3/h12-14,18H,6-11H2,1-5H3,(H2,17,20). The molecule has 0 saturated heterocycles. The number of amides is 1. The molecule has 1 aliphatic carbocycles. The molecule has 0 bridgehead atoms. The Labute approximate surface area is 124 Å². The number of rotatable bonds is 7. The fourth-order valence-electron chi connectivity index (χ4n) is 3.23. The molecule has 3 atom stereocenters. The highest BCUT2D eigenvalue weighted by atomic mass is 16.1. The first kappa shape index (κ1) is 17.4. The molecule has 1 fully saturated rings. The summed E-state index contributed by atoms with van der Waals surface area (Å²) in [5.41, 5.74) is 5.23. The molecule has 0 radical (unpaired) electrons. The van der Waals surface area contributed by atoms with E-state index in [1.54, 1.807) is 0 Å². The van der Waals surface area contributed by atoms with Gasteiger partial charge in [-0.1, -0.05) is 20.8 Å². The molecule has 0 heterocycles. The lowest BCUT2D eigenvalue weighted by Gasteiger charge is -2.45. The second-order valence-electron chi connectivity index (χ2n) is 6.77. The molecule has 0 spiro atoms. The molecule has 0 aromatic carbocycles. The van der Waals surface area contributed by atoms with E-state index in [9.17, 15) is 4.79 Å². The van der Waals surface area contributed by atoms with Crippen molar-refractivity contribution in [2.45, 2.75) is 77.4 Å². The molecule has 20 heavy (non-hydrogen) atoms. The molecule has 0 aromatic heterocycles. The van der Waals surface area contributed by atoms with Crippen molar-refractivity contribution in [3.05, 3.63) is 0 Å². The maximum Gasteiger partial charge on any atom is 0.237 e. The van der Waals surface area contributed by atoms with E-state index in [1.165, 1.54) is 0 Å². The molecule has 118 valence electrons. The minimum Gasteiger partial charge on any atom is -0.368 e. The van der Waals surface area contributed by atoms with Crippen LogP contribution in [0.1, 0.15) is 59.8 Å². The molecular formula is C16H33N3O. The molecule has 4 nitrogen and oxygen atoms in total. The van der Waals surface area contributed by atoms with E-state index in [0.29, 0.717) is 18.0 Å². The van der Waals surface area contributed by atoms with Crippen molar-refractivity contribution >= 4 is 5.91 Å². The highest BCUT2D eigenvalue weighted by molar-refractivity contribution is 5.84. The van der Waals surface area contributed by atoms with Crippen molar-refractivity contribution in [2.75, 3.05) is 13.6 Å². The maximum atomic E-state index is 12.0. The van der Waals surface area contributed by atoms with Crippen molar-refractivity contribution in [2.24, 2.45) is 11.7 Å². The molecule has 3 N–H and O–H groups in total. The topological polar surface area (TPSA) is 58.4 Å². The average molecular weight is 283 g/mol. The van der Waals surface area contributed by atoms with Crippen LogP contribution in [0, 0.1) is 5.92 Å². The lowest BCUT2D eigenvalue weighted by Crippen LogP contribution is -2.61. The predicted octanol–water partition coefficient (Wildman–Crippen LogP) is 2.13. The van der Waals surface area contributed by atoms with E-state index in [-0.39, 0.29) is 5.91 Å². The van der Waals surface area contributed by atoms with E-state index in [1.807, 2.05) is 0 Å². The molecular weight excluding hydrogens is 250 g/mol. The largest absolute Gasteiger partial charge is 0.368 e. The minimum atomic E-state index is -0.496. The molecule has 1 aliphatic rings. The number of nitrogens with one attached hydrogen (secondary N) is 1. The number of nitrogens with two attached hydrogens (primary N) is 1. The van der Waals surface area contributed by atoms with E-state index in [4.69, 9.17) is 5.73 Å². The van der Waals surface area contributed by atoms with E-state index >= 15 is 0 Å². The first-order valence-electron chi connectivity index (χ1n) is 8.11. The first-order valence-corrected chi connectivity index (χ1v) is 8.11. The van der Waals surface area contributed by atoms with Gasteiger partial charge in [0.2, 0.25) is 5.91 Å². The number of hydrogen-bond acceptors (Lipinski definition) is 3. The summed E-state index contributed by atoms with van der Waals surface area (Å²) in [6, 6.07) is 0.966. The number of primary amides is 1. The SMILES string of the molecule is CCCNC1(C(N)=O)CCCC(N(C)C(C)C(C)C)C1. The van der Waals surface area contributed by atoms with Crippen LogP contribution in [0.5, 0.6) is 0 Å². The molecule has 1 amide bonds. The molecule has 1 rings (SSSR count). The van der Waals surface area contributed by atoms with E-state index in [0.717, 1.165) is 38.6 Å². The summed E-state index contributed by atoms with van der Waals surface area (Å²) >= 11 is 0. The van der Waals surface area contributed by atoms with Gasteiger partial charge in [0.25, 0.3) is 0 Å². The van der Waals surface area contributed by atoms with Crippen LogP contribution >= 0.6 is 0 Å². The summed E-state index contributed by atoms with van der Waals surface area (Å²) in [6.07, 6.45) is 4.98. The van der Waals surface area contributed by atoms with Gasteiger partial charge >= 0.3 is 0 Å². The van der Waals surface area contributed by atoms with Gasteiger partial charge in [-0.05, 0) is 58.5 Å². The highest BCUT2D eigenvalue weighted by Crippen LogP contribution is 2.32. The van der Waals surface area contributed by atoms with Crippen LogP contribution in [-0.4, -0.2) is 42.0 Å². The van der Waals surface area contributed by atoms with Crippen LogP contribution in [-0.2, 0) is 4.79 Å². The van der Waals surface area contributed by atoms with Crippen molar-refractivity contribution in [3.8, 4) is 0 Å². The number of carbonyl (C=O) groups excluding carboxylic acids is 1. The zero-order valence-electron chi connectivity index (χ0n) is 13.9. The van der Waals surface area contributed by atoms with Gasteiger partial charge in [0.05, 0.1) is 5.54 Å². The Morgan fingerprint density at radius 3 is 2.60 bits per heavy atom. The predicted molar refractivity (Wildman–Crippen MR) is 84.5 cm³/mol. The third kappa shape index (κ3) is 3.95. The Bertz CT molecular complexity index is 319. The zero-order valence-corrected chi connectivity index (χ0v) is 13.9. The summed E-state index contributed by atoms with van der Waals surface area (Å²) < 4.78 is 0. The van der Waals surface area contributed by atoms with Gasteiger partial charge in [-0.25, -0.2) is 0 Å². The fourth-order valence-corrected chi connectivity index (χ4v) is 3.23. The van der Waals surface area contributed by atoms with Crippen molar-refractivity contribution in [1.82, 2.24) is 10.2 Å². The Balaban J connectivity index is 2.79. The van der Waals surface area contributed by atoms with Crippen LogP contribution in [0.25, 0.3) is 0 Å². The Hall–Kier alpha value is -0.610. The molecule has 0 aliphatic heterocycles. The van der Waals surface area contributed by atoms with Gasteiger partial charge in [-0.15, -0.1) is 0 Å². The van der Waals surface area contributed by atoms with Gasteiger partial charge in [-0.3, -0.25) is 4.79 Å². The van der Waals surface area contributed by atoms with Crippen LogP contribution in [0.2, 0.25) is 0 Å². The zero-order chi connectivity index (χ0) is 15.3. The number of nitrogens with zero attached hydrogens (tertiary/aromatic N) is 1. The third-order valence-electron chi connectivity index (χ3n) is 5.09. The second-order valence-corrected chi connectivity index (χ2v) is 6.77. The second kappa shape index (κ2) is 7.41. The minimum absolute atomic E-state index is 0.179. The molecule has 1 saturated carbocycles. The van der Waals surface area contributed by atoms with Crippen molar-refractivity contribution < 1.29 is 4.79 Å². The Kier molecular flexibility index (Phi) is 6.46. The quantitative estimate of drug-likeness (QED) is 0.752. The van der Waals surface area contributed by atoms with Crippen LogP contribution in [0.4, 0.5) is 0 Å². The van der Waals surface area contributed by atoms with Crippen LogP contribution in [0.3, 0.4) is 0 Å². The number of hydrogen-bond donors (Lipinski definition) is 2. The first-order chi connectivity index (χ1) is 9.34. The number of carbonyl (C=O) groups is 1. The van der Waals surface area contributed by atoms with Crippen LogP contribution < -0.4 is 11.1 Å². The van der Waals surface area contributed by atoms with Gasteiger partial charge in [0.15, 0.2) is 0 Å². The lowest BCUT2D eigenvalue weighted by atomic mass is 9.77. The molecule has 4 heteroatoms. The monoisotopic (exact) mass is 283 g/mol. The summed E-state index contributed by atoms with van der Waals surface area (Å²) in [5.74, 6) is 0.440. The summed E-state index contributed by atoms with van der Waals surface area (Å²) in [6.45, 7) is 9.75. The molecule has 3 unspecified atom stereocenters.